The second kappa shape index (κ2) is 3.44. The monoisotopic (exact) mass is 163 g/mol. The van der Waals surface area contributed by atoms with Gasteiger partial charge in [0, 0.05) is 18.9 Å². The van der Waals surface area contributed by atoms with Crippen molar-refractivity contribution in [1.29, 1.82) is 0 Å². The Morgan fingerprint density at radius 1 is 1.42 bits per heavy atom. The first-order valence-corrected chi connectivity index (χ1v) is 4.16. The molecular formula is C11H17N. The van der Waals surface area contributed by atoms with E-state index in [9.17, 15) is 0 Å². The predicted octanol–water partition coefficient (Wildman–Crippen LogP) is 3.67. The molecule has 0 aliphatic carbocycles. The molecule has 0 saturated carbocycles. The van der Waals surface area contributed by atoms with Crippen molar-refractivity contribution < 1.29 is 1.43 Å². The SMILES string of the molecule is C=Cc1[nH]cc(C(C)C)c1C=C.[HH]. The first-order valence-electron chi connectivity index (χ1n) is 4.16. The van der Waals surface area contributed by atoms with E-state index in [-0.39, 0.29) is 1.43 Å². The van der Waals surface area contributed by atoms with Gasteiger partial charge in [0.2, 0.25) is 0 Å². The van der Waals surface area contributed by atoms with Crippen LogP contribution in [0.2, 0.25) is 0 Å². The average Bonchev–Trinajstić information content (AvgIpc) is 2.46. The molecule has 1 heterocycles. The van der Waals surface area contributed by atoms with Gasteiger partial charge < -0.3 is 4.98 Å². The van der Waals surface area contributed by atoms with Crippen LogP contribution in [0.5, 0.6) is 0 Å². The molecule has 0 saturated heterocycles. The van der Waals surface area contributed by atoms with E-state index in [1.165, 1.54) is 11.1 Å². The van der Waals surface area contributed by atoms with Gasteiger partial charge in [-0.05, 0) is 17.6 Å². The highest BCUT2D eigenvalue weighted by Crippen LogP contribution is 2.23. The quantitative estimate of drug-likeness (QED) is 0.699. The molecule has 0 unspecified atom stereocenters. The lowest BCUT2D eigenvalue weighted by molar-refractivity contribution is 0.866. The fraction of sp³-hybridized carbons (Fsp3) is 0.273. The summed E-state index contributed by atoms with van der Waals surface area (Å²) < 4.78 is 0. The molecule has 1 N–H and O–H groups in total. The molecule has 0 bridgehead atoms. The maximum atomic E-state index is 3.79. The summed E-state index contributed by atoms with van der Waals surface area (Å²) in [7, 11) is 0. The molecule has 0 fully saturated rings. The molecule has 1 heteroatoms. The number of hydrogen-bond donors (Lipinski definition) is 1. The minimum Gasteiger partial charge on any atom is -0.361 e. The second-order valence-corrected chi connectivity index (χ2v) is 3.13. The Kier molecular flexibility index (Phi) is 2.54. The van der Waals surface area contributed by atoms with Crippen LogP contribution >= 0.6 is 0 Å². The van der Waals surface area contributed by atoms with E-state index in [1.807, 2.05) is 18.3 Å². The summed E-state index contributed by atoms with van der Waals surface area (Å²) >= 11 is 0. The highest BCUT2D eigenvalue weighted by Gasteiger charge is 2.08. The summed E-state index contributed by atoms with van der Waals surface area (Å²) in [5.41, 5.74) is 3.55. The third-order valence-electron chi connectivity index (χ3n) is 2.01. The summed E-state index contributed by atoms with van der Waals surface area (Å²) in [5, 5.41) is 0. The van der Waals surface area contributed by atoms with E-state index < -0.39 is 0 Å². The van der Waals surface area contributed by atoms with Crippen LogP contribution in [0.1, 0.15) is 38.0 Å². The van der Waals surface area contributed by atoms with Crippen molar-refractivity contribution in [3.05, 3.63) is 36.2 Å². The van der Waals surface area contributed by atoms with E-state index in [1.54, 1.807) is 0 Å². The van der Waals surface area contributed by atoms with E-state index >= 15 is 0 Å². The maximum Gasteiger partial charge on any atom is 0.0450 e. The van der Waals surface area contributed by atoms with Crippen LogP contribution in [-0.2, 0) is 0 Å². The lowest BCUT2D eigenvalue weighted by atomic mass is 10.0. The van der Waals surface area contributed by atoms with Crippen molar-refractivity contribution in [3.8, 4) is 0 Å². The Labute approximate surface area is 75.3 Å². The second-order valence-electron chi connectivity index (χ2n) is 3.13. The maximum absolute atomic E-state index is 3.79. The van der Waals surface area contributed by atoms with Crippen LogP contribution in [0.15, 0.2) is 19.4 Å². The summed E-state index contributed by atoms with van der Waals surface area (Å²) in [6.45, 7) is 11.9. The van der Waals surface area contributed by atoms with Crippen molar-refractivity contribution in [1.82, 2.24) is 4.98 Å². The highest BCUT2D eigenvalue weighted by atomic mass is 14.7. The molecule has 1 aromatic heterocycles. The van der Waals surface area contributed by atoms with E-state index in [0.29, 0.717) is 5.92 Å². The summed E-state index contributed by atoms with van der Waals surface area (Å²) in [6, 6.07) is 0. The third-order valence-corrected chi connectivity index (χ3v) is 2.01. The van der Waals surface area contributed by atoms with Gasteiger partial charge in [-0.15, -0.1) is 0 Å². The molecule has 1 nitrogen and oxygen atoms in total. The van der Waals surface area contributed by atoms with Gasteiger partial charge in [0.1, 0.15) is 0 Å². The van der Waals surface area contributed by atoms with Gasteiger partial charge in [-0.25, -0.2) is 0 Å². The molecule has 0 aliphatic heterocycles. The van der Waals surface area contributed by atoms with Crippen LogP contribution in [0.25, 0.3) is 12.2 Å². The van der Waals surface area contributed by atoms with Crippen LogP contribution in [0.3, 0.4) is 0 Å². The van der Waals surface area contributed by atoms with Crippen LogP contribution in [0.4, 0.5) is 0 Å². The van der Waals surface area contributed by atoms with Gasteiger partial charge in [0.15, 0.2) is 0 Å². The Morgan fingerprint density at radius 3 is 2.50 bits per heavy atom. The molecule has 0 aromatic carbocycles. The largest absolute Gasteiger partial charge is 0.361 e. The fourth-order valence-electron chi connectivity index (χ4n) is 1.34. The molecule has 0 atom stereocenters. The van der Waals surface area contributed by atoms with Gasteiger partial charge in [-0.2, -0.15) is 0 Å². The Morgan fingerprint density at radius 2 is 2.08 bits per heavy atom. The van der Waals surface area contributed by atoms with Gasteiger partial charge in [0.05, 0.1) is 0 Å². The van der Waals surface area contributed by atoms with Crippen LogP contribution < -0.4 is 0 Å². The number of aromatic nitrogens is 1. The summed E-state index contributed by atoms with van der Waals surface area (Å²) in [6.07, 6.45) is 5.73. The molecule has 12 heavy (non-hydrogen) atoms. The topological polar surface area (TPSA) is 15.8 Å². The molecule has 0 spiro atoms. The van der Waals surface area contributed by atoms with Gasteiger partial charge >= 0.3 is 0 Å². The Balaban J connectivity index is 0.00000144. The Bertz CT molecular complexity index is 297. The number of rotatable bonds is 3. The molecule has 1 rings (SSSR count). The first-order chi connectivity index (χ1) is 5.70. The predicted molar refractivity (Wildman–Crippen MR) is 57.2 cm³/mol. The van der Waals surface area contributed by atoms with Crippen molar-refractivity contribution in [2.45, 2.75) is 19.8 Å². The molecule has 66 valence electrons. The number of H-pyrrole nitrogens is 1. The molecule has 0 radical (unpaired) electrons. The summed E-state index contributed by atoms with van der Waals surface area (Å²) in [4.78, 5) is 3.17. The lowest BCUT2D eigenvalue weighted by Crippen LogP contribution is -1.86. The van der Waals surface area contributed by atoms with Crippen molar-refractivity contribution in [2.75, 3.05) is 0 Å². The fourth-order valence-corrected chi connectivity index (χ4v) is 1.34. The highest BCUT2D eigenvalue weighted by molar-refractivity contribution is 5.64. The third kappa shape index (κ3) is 1.35. The van der Waals surface area contributed by atoms with Gasteiger partial charge in [-0.3, -0.25) is 0 Å². The Hall–Kier alpha value is -1.24. The normalized spacial score (nSPS) is 10.2. The van der Waals surface area contributed by atoms with Crippen molar-refractivity contribution in [2.24, 2.45) is 0 Å². The smallest absolute Gasteiger partial charge is 0.0450 e. The van der Waals surface area contributed by atoms with E-state index in [0.717, 1.165) is 5.69 Å². The lowest BCUT2D eigenvalue weighted by Gasteiger charge is -2.03. The van der Waals surface area contributed by atoms with E-state index in [2.05, 4.69) is 32.0 Å². The first kappa shape index (κ1) is 8.85. The van der Waals surface area contributed by atoms with Crippen molar-refractivity contribution in [3.63, 3.8) is 0 Å². The molecule has 0 aliphatic rings. The zero-order valence-electron chi connectivity index (χ0n) is 7.72. The van der Waals surface area contributed by atoms with Crippen LogP contribution in [0, 0.1) is 0 Å². The number of nitrogens with one attached hydrogen (secondary N) is 1. The number of hydrogen-bond acceptors (Lipinski definition) is 0. The van der Waals surface area contributed by atoms with Crippen molar-refractivity contribution >= 4 is 12.2 Å². The minimum atomic E-state index is 0. The van der Waals surface area contributed by atoms with Gasteiger partial charge in [0.25, 0.3) is 0 Å². The van der Waals surface area contributed by atoms with Crippen LogP contribution in [-0.4, -0.2) is 4.98 Å². The molecule has 1 aromatic rings. The summed E-state index contributed by atoms with van der Waals surface area (Å²) in [5.74, 6) is 0.531. The zero-order valence-corrected chi connectivity index (χ0v) is 7.72. The molecule has 0 amide bonds. The molecular weight excluding hydrogens is 146 g/mol. The zero-order chi connectivity index (χ0) is 9.14. The van der Waals surface area contributed by atoms with Gasteiger partial charge in [-0.1, -0.05) is 33.1 Å². The number of aromatic amines is 1. The minimum absolute atomic E-state index is 0. The van der Waals surface area contributed by atoms with E-state index in [4.69, 9.17) is 0 Å². The standard InChI is InChI=1S/C11H15N.H2/c1-5-9-10(8(3)4)7-12-11(9)6-2;/h5-8,12H,1-2H2,3-4H3;1H. The average molecular weight is 163 g/mol.